The molecular weight excluding hydrogens is 402 g/mol. The molecule has 0 saturated carbocycles. The fraction of sp³-hybridized carbons (Fsp3) is 0.615. The smallest absolute Gasteiger partial charge is 0.281 e. The van der Waals surface area contributed by atoms with Crippen LogP contribution in [-0.2, 0) is 10.1 Å². The average molecular weight is 417 g/mol. The van der Waals surface area contributed by atoms with Gasteiger partial charge in [-0.2, -0.15) is 43.5 Å². The first-order valence-corrected chi connectivity index (χ1v) is 8.33. The Morgan fingerprint density at radius 2 is 1.35 bits per heavy atom. The Bertz CT molecular complexity index is 626. The molecule has 13 heteroatoms. The van der Waals surface area contributed by atoms with Gasteiger partial charge in [0.25, 0.3) is 0 Å². The largest absolute Gasteiger partial charge is 0.438 e. The van der Waals surface area contributed by atoms with Gasteiger partial charge in [-0.3, -0.25) is 9.54 Å². The molecule has 0 aliphatic heterocycles. The lowest BCUT2D eigenvalue weighted by Crippen LogP contribution is -2.64. The molecule has 0 radical (unpaired) electrons. The Hall–Kier alpha value is -1.50. The van der Waals surface area contributed by atoms with Crippen molar-refractivity contribution < 1.29 is 48.1 Å². The van der Waals surface area contributed by atoms with Gasteiger partial charge in [-0.1, -0.05) is 19.4 Å². The standard InChI is InChI=1S/C8H10F8O3S.C5H5N/c1-2-3-4-5(9,10)6(11,12)7(13,14)8(15,16)20(17,18)19;1-2-4-6-5-3-1/h2-4H2,1H3,(H,17,18,19);1-5H. The highest BCUT2D eigenvalue weighted by atomic mass is 32.2. The zero-order chi connectivity index (χ0) is 20.9. The molecule has 1 N–H and O–H groups in total. The maximum absolute atomic E-state index is 13.0. The molecule has 0 aromatic carbocycles. The Balaban J connectivity index is 0.000000867. The van der Waals surface area contributed by atoms with E-state index in [0.29, 0.717) is 0 Å². The first kappa shape index (κ1) is 24.5. The molecule has 4 nitrogen and oxygen atoms in total. The van der Waals surface area contributed by atoms with Gasteiger partial charge in [0.05, 0.1) is 0 Å². The molecule has 1 heterocycles. The third-order valence-corrected chi connectivity index (χ3v) is 3.86. The second kappa shape index (κ2) is 8.46. The van der Waals surface area contributed by atoms with Gasteiger partial charge in [0, 0.05) is 18.8 Å². The molecule has 0 fully saturated rings. The Labute approximate surface area is 144 Å². The van der Waals surface area contributed by atoms with Crippen molar-refractivity contribution >= 4 is 10.1 Å². The minimum Gasteiger partial charge on any atom is -0.281 e. The van der Waals surface area contributed by atoms with Gasteiger partial charge in [0.1, 0.15) is 0 Å². The molecule has 0 spiro atoms. The topological polar surface area (TPSA) is 67.3 Å². The SMILES string of the molecule is CCCCC(F)(F)C(F)(F)C(F)(F)C(F)(F)S(=O)(=O)O.c1ccncc1. The summed E-state index contributed by atoms with van der Waals surface area (Å²) in [5, 5.41) is -6.76. The van der Waals surface area contributed by atoms with E-state index in [9.17, 15) is 43.5 Å². The van der Waals surface area contributed by atoms with Gasteiger partial charge in [0.2, 0.25) is 0 Å². The molecule has 0 bridgehead atoms. The van der Waals surface area contributed by atoms with Crippen LogP contribution < -0.4 is 0 Å². The molecule has 0 aliphatic carbocycles. The summed E-state index contributed by atoms with van der Waals surface area (Å²) < 4.78 is 131. The van der Waals surface area contributed by atoms with Crippen LogP contribution in [0.25, 0.3) is 0 Å². The van der Waals surface area contributed by atoms with Crippen LogP contribution in [0, 0.1) is 0 Å². The van der Waals surface area contributed by atoms with Crippen LogP contribution in [0.4, 0.5) is 35.1 Å². The van der Waals surface area contributed by atoms with Gasteiger partial charge in [-0.25, -0.2) is 0 Å². The van der Waals surface area contributed by atoms with Crippen LogP contribution >= 0.6 is 0 Å². The lowest BCUT2D eigenvalue weighted by Gasteiger charge is -2.35. The summed E-state index contributed by atoms with van der Waals surface area (Å²) in [5.74, 6) is -19.3. The molecule has 26 heavy (non-hydrogen) atoms. The lowest BCUT2D eigenvalue weighted by atomic mass is 9.99. The summed E-state index contributed by atoms with van der Waals surface area (Å²) in [6, 6.07) is 5.72. The maximum Gasteiger partial charge on any atom is 0.438 e. The van der Waals surface area contributed by atoms with Crippen LogP contribution in [0.1, 0.15) is 26.2 Å². The van der Waals surface area contributed by atoms with Gasteiger partial charge in [-0.15, -0.1) is 0 Å². The summed E-state index contributed by atoms with van der Waals surface area (Å²) in [7, 11) is -7.02. The first-order valence-electron chi connectivity index (χ1n) is 6.89. The van der Waals surface area contributed by atoms with Crippen molar-refractivity contribution in [2.45, 2.75) is 49.2 Å². The molecular formula is C13H15F8NO3S. The molecule has 0 unspecified atom stereocenters. The number of hydrogen-bond donors (Lipinski definition) is 1. The van der Waals surface area contributed by atoms with Crippen molar-refractivity contribution in [2.24, 2.45) is 0 Å². The lowest BCUT2D eigenvalue weighted by molar-refractivity contribution is -0.349. The third-order valence-electron chi connectivity index (χ3n) is 2.95. The summed E-state index contributed by atoms with van der Waals surface area (Å²) in [4.78, 5) is 3.78. The van der Waals surface area contributed by atoms with E-state index < -0.39 is 46.0 Å². The zero-order valence-corrected chi connectivity index (χ0v) is 14.0. The summed E-state index contributed by atoms with van der Waals surface area (Å²) in [5.41, 5.74) is 0. The van der Waals surface area contributed by atoms with Crippen molar-refractivity contribution in [3.8, 4) is 0 Å². The Morgan fingerprint density at radius 3 is 1.62 bits per heavy atom. The monoisotopic (exact) mass is 417 g/mol. The summed E-state index contributed by atoms with van der Waals surface area (Å²) >= 11 is 0. The van der Waals surface area contributed by atoms with Crippen molar-refractivity contribution in [1.29, 1.82) is 0 Å². The normalized spacial score (nSPS) is 13.8. The maximum atomic E-state index is 13.0. The number of nitrogens with zero attached hydrogens (tertiary/aromatic N) is 1. The second-order valence-electron chi connectivity index (χ2n) is 4.97. The summed E-state index contributed by atoms with van der Waals surface area (Å²) in [6.07, 6.45) is 0.843. The van der Waals surface area contributed by atoms with Crippen LogP contribution in [0.2, 0.25) is 0 Å². The van der Waals surface area contributed by atoms with Crippen molar-refractivity contribution in [3.05, 3.63) is 30.6 Å². The Morgan fingerprint density at radius 1 is 0.885 bits per heavy atom. The van der Waals surface area contributed by atoms with Gasteiger partial charge < -0.3 is 0 Å². The van der Waals surface area contributed by atoms with Gasteiger partial charge in [-0.05, 0) is 18.6 Å². The molecule has 0 atom stereocenters. The molecule has 152 valence electrons. The number of unbranched alkanes of at least 4 members (excludes halogenated alkanes) is 1. The van der Waals surface area contributed by atoms with E-state index in [0.717, 1.165) is 0 Å². The van der Waals surface area contributed by atoms with Gasteiger partial charge in [0.15, 0.2) is 0 Å². The highest BCUT2D eigenvalue weighted by Gasteiger charge is 2.83. The van der Waals surface area contributed by atoms with Crippen LogP contribution in [-0.4, -0.2) is 41.0 Å². The van der Waals surface area contributed by atoms with Crippen molar-refractivity contribution in [3.63, 3.8) is 0 Å². The molecule has 1 rings (SSSR count). The fourth-order valence-electron chi connectivity index (χ4n) is 1.44. The van der Waals surface area contributed by atoms with E-state index in [1.165, 1.54) is 6.92 Å². The Kier molecular flexibility index (Phi) is 7.97. The van der Waals surface area contributed by atoms with E-state index in [4.69, 9.17) is 4.55 Å². The fourth-order valence-corrected chi connectivity index (χ4v) is 1.89. The van der Waals surface area contributed by atoms with Crippen LogP contribution in [0.15, 0.2) is 30.6 Å². The number of rotatable bonds is 7. The third kappa shape index (κ3) is 5.02. The number of halogens is 8. The number of pyridine rings is 1. The number of hydrogen-bond acceptors (Lipinski definition) is 3. The highest BCUT2D eigenvalue weighted by molar-refractivity contribution is 7.87. The number of aromatic nitrogens is 1. The van der Waals surface area contributed by atoms with Crippen LogP contribution in [0.3, 0.4) is 0 Å². The van der Waals surface area contributed by atoms with Crippen LogP contribution in [0.5, 0.6) is 0 Å². The minimum absolute atomic E-state index is 0.119. The predicted octanol–water partition coefficient (Wildman–Crippen LogP) is 4.64. The molecule has 0 saturated heterocycles. The van der Waals surface area contributed by atoms with Gasteiger partial charge >= 0.3 is 33.1 Å². The molecule has 1 aromatic rings. The van der Waals surface area contributed by atoms with E-state index in [2.05, 4.69) is 4.98 Å². The van der Waals surface area contributed by atoms with E-state index in [-0.39, 0.29) is 6.42 Å². The molecule has 0 aliphatic rings. The molecule has 0 amide bonds. The zero-order valence-electron chi connectivity index (χ0n) is 13.2. The number of alkyl halides is 8. The summed E-state index contributed by atoms with van der Waals surface area (Å²) in [6.45, 7) is 1.25. The minimum atomic E-state index is -7.02. The first-order chi connectivity index (χ1) is 11.6. The average Bonchev–Trinajstić information content (AvgIpc) is 2.53. The van der Waals surface area contributed by atoms with E-state index in [1.54, 1.807) is 12.4 Å². The van der Waals surface area contributed by atoms with E-state index in [1.807, 2.05) is 18.2 Å². The van der Waals surface area contributed by atoms with Crippen molar-refractivity contribution in [1.82, 2.24) is 4.98 Å². The predicted molar refractivity (Wildman–Crippen MR) is 75.1 cm³/mol. The quantitative estimate of drug-likeness (QED) is 0.518. The van der Waals surface area contributed by atoms with E-state index >= 15 is 0 Å². The van der Waals surface area contributed by atoms with Crippen molar-refractivity contribution in [2.75, 3.05) is 0 Å². The second-order valence-corrected chi connectivity index (χ2v) is 6.44. The highest BCUT2D eigenvalue weighted by Crippen LogP contribution is 2.55. The molecule has 1 aromatic heterocycles.